The summed E-state index contributed by atoms with van der Waals surface area (Å²) in [6, 6.07) is 6.36. The van der Waals surface area contributed by atoms with Crippen LogP contribution in [0.3, 0.4) is 0 Å². The molecule has 0 bridgehead atoms. The lowest BCUT2D eigenvalue weighted by Gasteiger charge is -2.08. The van der Waals surface area contributed by atoms with Crippen molar-refractivity contribution in [1.29, 1.82) is 5.26 Å². The quantitative estimate of drug-likeness (QED) is 0.206. The Balaban J connectivity index is 2.05. The van der Waals surface area contributed by atoms with Crippen molar-refractivity contribution in [1.82, 2.24) is 4.57 Å². The second-order valence-corrected chi connectivity index (χ2v) is 6.69. The van der Waals surface area contributed by atoms with Crippen LogP contribution in [0, 0.1) is 41.1 Å². The summed E-state index contributed by atoms with van der Waals surface area (Å²) in [4.78, 5) is 34.1. The standard InChI is InChI=1S/C21H21FN4O6/c1-13-8-15(14(2)25(13)6-7-31-3)9-16(11-23)21(28)32-12-20(27)24-17-4-5-18(22)19(10-17)26(29)30/h4-5,8-10H,6-7,12H2,1-3H3,(H,24,27)/b16-9+. The normalized spacial score (nSPS) is 11.0. The fourth-order valence-electron chi connectivity index (χ4n) is 2.93. The molecule has 0 aliphatic rings. The highest BCUT2D eigenvalue weighted by molar-refractivity contribution is 6.00. The zero-order valence-electron chi connectivity index (χ0n) is 17.7. The van der Waals surface area contributed by atoms with Crippen molar-refractivity contribution in [2.75, 3.05) is 25.6 Å². The fraction of sp³-hybridized carbons (Fsp3) is 0.286. The zero-order chi connectivity index (χ0) is 23.8. The van der Waals surface area contributed by atoms with Gasteiger partial charge in [-0.2, -0.15) is 9.65 Å². The first kappa shape index (κ1) is 24.2. The Bertz CT molecular complexity index is 1120. The van der Waals surface area contributed by atoms with Crippen LogP contribution in [-0.2, 0) is 25.6 Å². The lowest BCUT2D eigenvalue weighted by molar-refractivity contribution is -0.387. The fourth-order valence-corrected chi connectivity index (χ4v) is 2.93. The van der Waals surface area contributed by atoms with Gasteiger partial charge in [0.15, 0.2) is 6.61 Å². The molecule has 2 rings (SSSR count). The Labute approximate surface area is 183 Å². The average Bonchev–Trinajstić information content (AvgIpc) is 3.02. The number of carbonyl (C=O) groups excluding carboxylic acids is 2. The number of esters is 1. The number of benzene rings is 1. The second kappa shape index (κ2) is 10.8. The Kier molecular flexibility index (Phi) is 8.20. The van der Waals surface area contributed by atoms with E-state index in [1.165, 1.54) is 6.08 Å². The molecule has 2 aromatic rings. The summed E-state index contributed by atoms with van der Waals surface area (Å²) in [6.07, 6.45) is 1.37. The van der Waals surface area contributed by atoms with E-state index in [0.29, 0.717) is 18.7 Å². The molecule has 0 radical (unpaired) electrons. The molecule has 1 aromatic carbocycles. The highest BCUT2D eigenvalue weighted by Crippen LogP contribution is 2.22. The van der Waals surface area contributed by atoms with E-state index in [-0.39, 0.29) is 11.3 Å². The van der Waals surface area contributed by atoms with Gasteiger partial charge in [-0.3, -0.25) is 14.9 Å². The van der Waals surface area contributed by atoms with E-state index in [4.69, 9.17) is 9.47 Å². The molecule has 1 amide bonds. The monoisotopic (exact) mass is 444 g/mol. The molecule has 0 aliphatic heterocycles. The van der Waals surface area contributed by atoms with Crippen LogP contribution in [0.2, 0.25) is 0 Å². The summed E-state index contributed by atoms with van der Waals surface area (Å²) in [6.45, 7) is 4.09. The van der Waals surface area contributed by atoms with Crippen molar-refractivity contribution in [3.8, 4) is 6.07 Å². The summed E-state index contributed by atoms with van der Waals surface area (Å²) in [5, 5.41) is 22.4. The average molecular weight is 444 g/mol. The van der Waals surface area contributed by atoms with Gasteiger partial charge in [0.2, 0.25) is 5.82 Å². The first-order valence-electron chi connectivity index (χ1n) is 9.36. The number of halogens is 1. The van der Waals surface area contributed by atoms with Gasteiger partial charge in [-0.25, -0.2) is 4.79 Å². The van der Waals surface area contributed by atoms with Gasteiger partial charge in [0, 0.05) is 36.8 Å². The molecule has 0 atom stereocenters. The number of rotatable bonds is 9. The van der Waals surface area contributed by atoms with Crippen LogP contribution in [0.1, 0.15) is 17.0 Å². The number of nitrogens with one attached hydrogen (secondary N) is 1. The molecule has 1 heterocycles. The third kappa shape index (κ3) is 5.99. The lowest BCUT2D eigenvalue weighted by atomic mass is 10.1. The highest BCUT2D eigenvalue weighted by atomic mass is 19.1. The summed E-state index contributed by atoms with van der Waals surface area (Å²) in [7, 11) is 1.59. The highest BCUT2D eigenvalue weighted by Gasteiger charge is 2.18. The minimum absolute atomic E-state index is 0.0429. The second-order valence-electron chi connectivity index (χ2n) is 6.69. The molecule has 1 aromatic heterocycles. The van der Waals surface area contributed by atoms with E-state index in [1.807, 2.05) is 24.5 Å². The predicted molar refractivity (Wildman–Crippen MR) is 112 cm³/mol. The van der Waals surface area contributed by atoms with Crippen LogP contribution in [-0.4, -0.2) is 41.7 Å². The molecule has 1 N–H and O–H groups in total. The number of nitrogens with zero attached hydrogens (tertiary/aromatic N) is 3. The summed E-state index contributed by atoms with van der Waals surface area (Å²) >= 11 is 0. The number of nitriles is 1. The van der Waals surface area contributed by atoms with Gasteiger partial charge < -0.3 is 19.4 Å². The number of ether oxygens (including phenoxy) is 2. The first-order chi connectivity index (χ1) is 15.2. The van der Waals surface area contributed by atoms with Gasteiger partial charge in [0.25, 0.3) is 5.91 Å². The molecule has 0 saturated carbocycles. The Morgan fingerprint density at radius 1 is 1.34 bits per heavy atom. The van der Waals surface area contributed by atoms with Crippen molar-refractivity contribution in [2.45, 2.75) is 20.4 Å². The maximum Gasteiger partial charge on any atom is 0.349 e. The van der Waals surface area contributed by atoms with E-state index in [9.17, 15) is 29.4 Å². The summed E-state index contributed by atoms with van der Waals surface area (Å²) in [5.41, 5.74) is 1.24. The molecular formula is C21H21FN4O6. The van der Waals surface area contributed by atoms with Crippen molar-refractivity contribution in [3.05, 3.63) is 62.7 Å². The number of aromatic nitrogens is 1. The van der Waals surface area contributed by atoms with E-state index in [2.05, 4.69) is 5.32 Å². The van der Waals surface area contributed by atoms with Gasteiger partial charge in [-0.05, 0) is 43.7 Å². The van der Waals surface area contributed by atoms with E-state index >= 15 is 0 Å². The molecular weight excluding hydrogens is 423 g/mol. The van der Waals surface area contributed by atoms with Gasteiger partial charge in [0.1, 0.15) is 11.6 Å². The van der Waals surface area contributed by atoms with Crippen molar-refractivity contribution in [2.24, 2.45) is 0 Å². The smallest absolute Gasteiger partial charge is 0.349 e. The molecule has 168 valence electrons. The van der Waals surface area contributed by atoms with Crippen LogP contribution in [0.4, 0.5) is 15.8 Å². The van der Waals surface area contributed by atoms with Crippen molar-refractivity contribution in [3.63, 3.8) is 0 Å². The minimum atomic E-state index is -1.05. The molecule has 32 heavy (non-hydrogen) atoms. The predicted octanol–water partition coefficient (Wildman–Crippen LogP) is 2.89. The van der Waals surface area contributed by atoms with Crippen LogP contribution in [0.25, 0.3) is 6.08 Å². The zero-order valence-corrected chi connectivity index (χ0v) is 17.7. The number of hydrogen-bond donors (Lipinski definition) is 1. The van der Waals surface area contributed by atoms with Crippen LogP contribution in [0.15, 0.2) is 29.8 Å². The third-order valence-electron chi connectivity index (χ3n) is 4.53. The minimum Gasteiger partial charge on any atom is -0.451 e. The van der Waals surface area contributed by atoms with Crippen LogP contribution >= 0.6 is 0 Å². The van der Waals surface area contributed by atoms with Gasteiger partial charge in [-0.15, -0.1) is 0 Å². The number of aryl methyl sites for hydroxylation is 1. The number of amides is 1. The molecule has 0 fully saturated rings. The summed E-state index contributed by atoms with van der Waals surface area (Å²) < 4.78 is 25.3. The van der Waals surface area contributed by atoms with Crippen LogP contribution < -0.4 is 5.32 Å². The molecule has 11 heteroatoms. The number of hydrogen-bond acceptors (Lipinski definition) is 7. The lowest BCUT2D eigenvalue weighted by Crippen LogP contribution is -2.21. The van der Waals surface area contributed by atoms with Gasteiger partial charge >= 0.3 is 11.7 Å². The topological polar surface area (TPSA) is 136 Å². The third-order valence-corrected chi connectivity index (χ3v) is 4.53. The molecule has 0 unspecified atom stereocenters. The Hall–Kier alpha value is -4.04. The van der Waals surface area contributed by atoms with Gasteiger partial charge in [-0.1, -0.05) is 0 Å². The molecule has 0 saturated heterocycles. The number of anilines is 1. The van der Waals surface area contributed by atoms with Crippen molar-refractivity contribution < 1.29 is 28.4 Å². The number of carbonyl (C=O) groups is 2. The molecule has 0 spiro atoms. The van der Waals surface area contributed by atoms with E-state index in [1.54, 1.807) is 13.2 Å². The first-order valence-corrected chi connectivity index (χ1v) is 9.36. The van der Waals surface area contributed by atoms with Gasteiger partial charge in [0.05, 0.1) is 11.5 Å². The number of methoxy groups -OCH3 is 1. The molecule has 0 aliphatic carbocycles. The maximum atomic E-state index is 13.4. The number of nitro benzene ring substituents is 1. The van der Waals surface area contributed by atoms with E-state index in [0.717, 1.165) is 29.6 Å². The Morgan fingerprint density at radius 2 is 2.06 bits per heavy atom. The largest absolute Gasteiger partial charge is 0.451 e. The molecule has 10 nitrogen and oxygen atoms in total. The summed E-state index contributed by atoms with van der Waals surface area (Å²) in [5.74, 6) is -2.87. The van der Waals surface area contributed by atoms with Crippen molar-refractivity contribution >= 4 is 29.3 Å². The SMILES string of the molecule is COCCn1c(C)cc(/C=C(\C#N)C(=O)OCC(=O)Nc2ccc(F)c([N+](=O)[O-])c2)c1C. The number of nitro groups is 1. The maximum absolute atomic E-state index is 13.4. The van der Waals surface area contributed by atoms with E-state index < -0.39 is 34.9 Å². The Morgan fingerprint density at radius 3 is 2.69 bits per heavy atom. The van der Waals surface area contributed by atoms with Crippen LogP contribution in [0.5, 0.6) is 0 Å².